The molecule has 0 saturated heterocycles. The number of ether oxygens (including phenoxy) is 1. The summed E-state index contributed by atoms with van der Waals surface area (Å²) in [6, 6.07) is 30.1. The maximum atomic E-state index is 13.7. The average Bonchev–Trinajstić information content (AvgIpc) is 2.88. The molecule has 0 aliphatic heterocycles. The summed E-state index contributed by atoms with van der Waals surface area (Å²) >= 11 is 0. The third-order valence-electron chi connectivity index (χ3n) is 6.14. The second-order valence-electron chi connectivity index (χ2n) is 8.76. The third kappa shape index (κ3) is 7.67. The van der Waals surface area contributed by atoms with E-state index in [-0.39, 0.29) is 24.2 Å². The van der Waals surface area contributed by atoms with E-state index < -0.39 is 5.92 Å². The van der Waals surface area contributed by atoms with Crippen molar-refractivity contribution in [3.63, 3.8) is 0 Å². The zero-order valence-electron chi connectivity index (χ0n) is 20.2. The zero-order chi connectivity index (χ0) is 24.2. The number of Topliss-reactive ketones (excluding diaryl/α,β-unsaturated/α-hetero) is 1. The molecule has 0 aliphatic carbocycles. The maximum absolute atomic E-state index is 13.7. The molecule has 0 heterocycles. The van der Waals surface area contributed by atoms with E-state index in [1.165, 1.54) is 18.2 Å². The highest BCUT2D eigenvalue weighted by Crippen LogP contribution is 2.22. The number of carbonyl (C=O) groups is 2. The van der Waals surface area contributed by atoms with Crippen molar-refractivity contribution in [3.8, 4) is 0 Å². The fraction of sp³-hybridized carbons (Fsp3) is 0.333. The zero-order valence-corrected chi connectivity index (χ0v) is 20.2. The molecule has 4 nitrogen and oxygen atoms in total. The molecular weight excluding hydrogens is 422 g/mol. The van der Waals surface area contributed by atoms with Crippen molar-refractivity contribution < 1.29 is 14.3 Å². The van der Waals surface area contributed by atoms with E-state index in [4.69, 9.17) is 4.74 Å². The lowest BCUT2D eigenvalue weighted by Gasteiger charge is -2.32. The highest BCUT2D eigenvalue weighted by Gasteiger charge is 2.30. The van der Waals surface area contributed by atoms with Gasteiger partial charge in [0.05, 0.1) is 19.1 Å². The fourth-order valence-electron chi connectivity index (χ4n) is 4.42. The van der Waals surface area contributed by atoms with Gasteiger partial charge in [0.15, 0.2) is 5.78 Å². The molecule has 3 aromatic rings. The van der Waals surface area contributed by atoms with E-state index in [9.17, 15) is 9.59 Å². The standard InChI is InChI=1S/C30H35NO3/c1-3-13-28(29(32)21-27(30(33)34-2)20-24-14-7-4-8-15-24)31(22-25-16-9-5-10-17-25)23-26-18-11-6-12-19-26/h4-12,14-19,27-28H,3,13,20-23H2,1-2H3/t27-,28-/m0/s1. The SMILES string of the molecule is CCC[C@@H](C(=O)C[C@H](Cc1ccccc1)C(=O)OC)N(Cc1ccccc1)Cc1ccccc1. The number of hydrogen-bond acceptors (Lipinski definition) is 4. The molecule has 0 fully saturated rings. The van der Waals surface area contributed by atoms with Gasteiger partial charge >= 0.3 is 5.97 Å². The van der Waals surface area contributed by atoms with Crippen LogP contribution in [0.15, 0.2) is 91.0 Å². The lowest BCUT2D eigenvalue weighted by atomic mass is 9.90. The quantitative estimate of drug-likeness (QED) is 0.302. The largest absolute Gasteiger partial charge is 0.469 e. The number of methoxy groups -OCH3 is 1. The normalized spacial score (nSPS) is 12.8. The molecule has 0 saturated carbocycles. The Balaban J connectivity index is 1.84. The number of nitrogens with zero attached hydrogens (tertiary/aromatic N) is 1. The van der Waals surface area contributed by atoms with Crippen molar-refractivity contribution in [2.75, 3.05) is 7.11 Å². The van der Waals surface area contributed by atoms with E-state index in [2.05, 4.69) is 36.1 Å². The summed E-state index contributed by atoms with van der Waals surface area (Å²) in [5.41, 5.74) is 3.37. The van der Waals surface area contributed by atoms with Crippen molar-refractivity contribution in [1.82, 2.24) is 4.90 Å². The molecule has 0 spiro atoms. The van der Waals surface area contributed by atoms with Gasteiger partial charge in [-0.15, -0.1) is 0 Å². The highest BCUT2D eigenvalue weighted by molar-refractivity contribution is 5.88. The van der Waals surface area contributed by atoms with Crippen LogP contribution in [0.3, 0.4) is 0 Å². The maximum Gasteiger partial charge on any atom is 0.309 e. The predicted octanol–water partition coefficient (Wildman–Crippen LogP) is 5.85. The molecule has 4 heteroatoms. The van der Waals surface area contributed by atoms with Gasteiger partial charge in [-0.3, -0.25) is 14.5 Å². The minimum atomic E-state index is -0.491. The number of rotatable bonds is 13. The molecule has 0 radical (unpaired) electrons. The molecule has 0 bridgehead atoms. The first kappa shape index (κ1) is 25.4. The Morgan fingerprint density at radius 3 is 1.68 bits per heavy atom. The number of benzene rings is 3. The number of esters is 1. The second kappa shape index (κ2) is 13.5. The molecule has 0 unspecified atom stereocenters. The summed E-state index contributed by atoms with van der Waals surface area (Å²) in [6.45, 7) is 3.45. The molecule has 178 valence electrons. The van der Waals surface area contributed by atoms with Crippen LogP contribution in [0.2, 0.25) is 0 Å². The van der Waals surface area contributed by atoms with Gasteiger partial charge in [-0.05, 0) is 29.5 Å². The minimum absolute atomic E-state index is 0.0973. The third-order valence-corrected chi connectivity index (χ3v) is 6.14. The molecule has 0 aromatic heterocycles. The van der Waals surface area contributed by atoms with Crippen LogP contribution in [0.5, 0.6) is 0 Å². The summed E-state index contributed by atoms with van der Waals surface area (Å²) < 4.78 is 5.07. The van der Waals surface area contributed by atoms with Gasteiger partial charge in [0.25, 0.3) is 0 Å². The van der Waals surface area contributed by atoms with E-state index in [0.29, 0.717) is 19.5 Å². The van der Waals surface area contributed by atoms with E-state index in [1.54, 1.807) is 0 Å². The van der Waals surface area contributed by atoms with E-state index >= 15 is 0 Å². The first-order valence-corrected chi connectivity index (χ1v) is 12.1. The van der Waals surface area contributed by atoms with Gasteiger partial charge in [0.1, 0.15) is 0 Å². The minimum Gasteiger partial charge on any atom is -0.469 e. The van der Waals surface area contributed by atoms with Crippen molar-refractivity contribution >= 4 is 11.8 Å². The summed E-state index contributed by atoms with van der Waals surface area (Å²) in [5.74, 6) is -0.722. The molecule has 3 aromatic carbocycles. The van der Waals surface area contributed by atoms with Gasteiger partial charge in [-0.2, -0.15) is 0 Å². The van der Waals surface area contributed by atoms with Gasteiger partial charge in [-0.25, -0.2) is 0 Å². The molecule has 2 atom stereocenters. The van der Waals surface area contributed by atoms with Crippen LogP contribution >= 0.6 is 0 Å². The highest BCUT2D eigenvalue weighted by atomic mass is 16.5. The van der Waals surface area contributed by atoms with Crippen LogP contribution in [0.25, 0.3) is 0 Å². The Labute approximate surface area is 203 Å². The first-order valence-electron chi connectivity index (χ1n) is 12.1. The van der Waals surface area contributed by atoms with Crippen LogP contribution in [-0.2, 0) is 33.8 Å². The van der Waals surface area contributed by atoms with Gasteiger partial charge in [0.2, 0.25) is 0 Å². The summed E-state index contributed by atoms with van der Waals surface area (Å²) in [4.78, 5) is 28.6. The molecule has 3 rings (SSSR count). The van der Waals surface area contributed by atoms with Crippen molar-refractivity contribution in [3.05, 3.63) is 108 Å². The molecule has 0 N–H and O–H groups in total. The Morgan fingerprint density at radius 1 is 0.765 bits per heavy atom. The average molecular weight is 458 g/mol. The summed E-state index contributed by atoms with van der Waals surface area (Å²) in [5, 5.41) is 0. The Bertz CT molecular complexity index is 963. The van der Waals surface area contributed by atoms with Crippen LogP contribution in [-0.4, -0.2) is 29.8 Å². The lowest BCUT2D eigenvalue weighted by molar-refractivity contribution is -0.147. The van der Waals surface area contributed by atoms with Gasteiger partial charge in [-0.1, -0.05) is 104 Å². The topological polar surface area (TPSA) is 46.6 Å². The monoisotopic (exact) mass is 457 g/mol. The Morgan fingerprint density at radius 2 is 1.24 bits per heavy atom. The van der Waals surface area contributed by atoms with Crippen molar-refractivity contribution in [2.45, 2.75) is 51.7 Å². The molecule has 0 aliphatic rings. The number of ketones is 1. The van der Waals surface area contributed by atoms with Gasteiger partial charge in [0, 0.05) is 19.5 Å². The van der Waals surface area contributed by atoms with Crippen LogP contribution in [0.4, 0.5) is 0 Å². The predicted molar refractivity (Wildman–Crippen MR) is 136 cm³/mol. The van der Waals surface area contributed by atoms with Gasteiger partial charge < -0.3 is 4.74 Å². The van der Waals surface area contributed by atoms with Crippen LogP contribution in [0.1, 0.15) is 42.9 Å². The Kier molecular flexibility index (Phi) is 10.1. The molecule has 34 heavy (non-hydrogen) atoms. The second-order valence-corrected chi connectivity index (χ2v) is 8.76. The van der Waals surface area contributed by atoms with E-state index in [1.807, 2.05) is 66.7 Å². The van der Waals surface area contributed by atoms with Crippen molar-refractivity contribution in [2.24, 2.45) is 5.92 Å². The molecular formula is C30H35NO3. The fourth-order valence-corrected chi connectivity index (χ4v) is 4.42. The Hall–Kier alpha value is -3.24. The number of hydrogen-bond donors (Lipinski definition) is 0. The summed E-state index contributed by atoms with van der Waals surface area (Å²) in [7, 11) is 1.39. The number of carbonyl (C=O) groups excluding carboxylic acids is 2. The van der Waals surface area contributed by atoms with Crippen LogP contribution < -0.4 is 0 Å². The first-order chi connectivity index (χ1) is 16.6. The van der Waals surface area contributed by atoms with Crippen molar-refractivity contribution in [1.29, 1.82) is 0 Å². The summed E-state index contributed by atoms with van der Waals surface area (Å²) in [6.07, 6.45) is 2.30. The lowest BCUT2D eigenvalue weighted by Crippen LogP contribution is -2.41. The van der Waals surface area contributed by atoms with E-state index in [0.717, 1.165) is 18.4 Å². The smallest absolute Gasteiger partial charge is 0.309 e. The molecule has 0 amide bonds. The van der Waals surface area contributed by atoms with Crippen LogP contribution in [0, 0.1) is 5.92 Å².